The zero-order chi connectivity index (χ0) is 12.1. The molecule has 0 bridgehead atoms. The summed E-state index contributed by atoms with van der Waals surface area (Å²) < 4.78 is 9.85. The fourth-order valence-electron chi connectivity index (χ4n) is 1.29. The Hall–Kier alpha value is -1.27. The second-order valence-corrected chi connectivity index (χ2v) is 3.49. The van der Waals surface area contributed by atoms with Crippen molar-refractivity contribution in [1.29, 1.82) is 0 Å². The summed E-state index contributed by atoms with van der Waals surface area (Å²) in [6.07, 6.45) is -0.747. The van der Waals surface area contributed by atoms with Gasteiger partial charge in [0.2, 0.25) is 5.76 Å². The van der Waals surface area contributed by atoms with E-state index >= 15 is 0 Å². The lowest BCUT2D eigenvalue weighted by atomic mass is 10.2. The number of ether oxygens (including phenoxy) is 2. The number of aliphatic hydroxyl groups excluding tert-OH is 3. The van der Waals surface area contributed by atoms with Crippen molar-refractivity contribution in [2.45, 2.75) is 32.0 Å². The molecule has 0 saturated heterocycles. The zero-order valence-corrected chi connectivity index (χ0v) is 9.05. The quantitative estimate of drug-likeness (QED) is 0.435. The van der Waals surface area contributed by atoms with Gasteiger partial charge in [0, 0.05) is 0 Å². The van der Waals surface area contributed by atoms with Crippen molar-refractivity contribution in [2.24, 2.45) is 0 Å². The van der Waals surface area contributed by atoms with Crippen LogP contribution in [-0.4, -0.2) is 46.7 Å². The Kier molecular flexibility index (Phi) is 4.57. The monoisotopic (exact) mass is 232 g/mol. The minimum Gasteiger partial charge on any atom is -0.499 e. The summed E-state index contributed by atoms with van der Waals surface area (Å²) >= 11 is 0. The molecule has 1 aliphatic rings. The van der Waals surface area contributed by atoms with E-state index in [1.807, 2.05) is 6.92 Å². The third kappa shape index (κ3) is 2.65. The average molecular weight is 232 g/mol. The topological polar surface area (TPSA) is 96.2 Å². The maximum absolute atomic E-state index is 11.0. The number of esters is 1. The predicted molar refractivity (Wildman–Crippen MR) is 53.5 cm³/mol. The Labute approximate surface area is 93.1 Å². The first kappa shape index (κ1) is 12.8. The normalized spacial score (nSPS) is 22.2. The Morgan fingerprint density at radius 2 is 2.25 bits per heavy atom. The van der Waals surface area contributed by atoms with Gasteiger partial charge in [-0.15, -0.1) is 0 Å². The fraction of sp³-hybridized carbons (Fsp3) is 0.700. The Balaban J connectivity index is 2.69. The van der Waals surface area contributed by atoms with Crippen LogP contribution in [0.25, 0.3) is 0 Å². The molecule has 1 rings (SSSR count). The van der Waals surface area contributed by atoms with E-state index in [0.717, 1.165) is 12.8 Å². The molecular formula is C10H16O6. The molecule has 1 aliphatic heterocycles. The second kappa shape index (κ2) is 5.72. The van der Waals surface area contributed by atoms with Crippen LogP contribution in [0.5, 0.6) is 0 Å². The highest BCUT2D eigenvalue weighted by Gasteiger charge is 2.40. The summed E-state index contributed by atoms with van der Waals surface area (Å²) in [6, 6.07) is 0. The van der Waals surface area contributed by atoms with Gasteiger partial charge in [0.15, 0.2) is 11.9 Å². The van der Waals surface area contributed by atoms with Crippen LogP contribution in [0.3, 0.4) is 0 Å². The number of carbonyl (C=O) groups is 1. The summed E-state index contributed by atoms with van der Waals surface area (Å²) in [5, 5.41) is 27.5. The van der Waals surface area contributed by atoms with Gasteiger partial charge in [0.05, 0.1) is 13.2 Å². The van der Waals surface area contributed by atoms with Crippen molar-refractivity contribution < 1.29 is 29.6 Å². The van der Waals surface area contributed by atoms with Gasteiger partial charge in [0.1, 0.15) is 6.10 Å². The van der Waals surface area contributed by atoms with Crippen molar-refractivity contribution in [3.8, 4) is 0 Å². The second-order valence-electron chi connectivity index (χ2n) is 3.49. The van der Waals surface area contributed by atoms with Gasteiger partial charge in [-0.2, -0.15) is 0 Å². The molecule has 92 valence electrons. The van der Waals surface area contributed by atoms with Gasteiger partial charge in [-0.25, -0.2) is 4.79 Å². The lowest BCUT2D eigenvalue weighted by Gasteiger charge is -2.18. The van der Waals surface area contributed by atoms with E-state index in [-0.39, 0.29) is 5.76 Å². The summed E-state index contributed by atoms with van der Waals surface area (Å²) in [7, 11) is 0. The summed E-state index contributed by atoms with van der Waals surface area (Å²) in [6.45, 7) is 1.71. The summed E-state index contributed by atoms with van der Waals surface area (Å²) in [4.78, 5) is 11.0. The van der Waals surface area contributed by atoms with E-state index in [1.54, 1.807) is 0 Å². The Morgan fingerprint density at radius 3 is 2.81 bits per heavy atom. The summed E-state index contributed by atoms with van der Waals surface area (Å²) in [5.74, 6) is -1.67. The summed E-state index contributed by atoms with van der Waals surface area (Å²) in [5.41, 5.74) is 0. The predicted octanol–water partition coefficient (Wildman–Crippen LogP) is -0.149. The van der Waals surface area contributed by atoms with Gasteiger partial charge < -0.3 is 24.8 Å². The number of rotatable bonds is 6. The molecule has 16 heavy (non-hydrogen) atoms. The smallest absolute Gasteiger partial charge is 0.378 e. The molecule has 0 aromatic carbocycles. The van der Waals surface area contributed by atoms with Gasteiger partial charge >= 0.3 is 5.97 Å². The first-order valence-electron chi connectivity index (χ1n) is 5.17. The minimum absolute atomic E-state index is 0.0972. The number of aliphatic hydroxyl groups is 3. The Bertz CT molecular complexity index is 285. The van der Waals surface area contributed by atoms with Crippen molar-refractivity contribution in [3.05, 3.63) is 11.5 Å². The third-order valence-electron chi connectivity index (χ3n) is 2.21. The highest BCUT2D eigenvalue weighted by Crippen LogP contribution is 2.24. The van der Waals surface area contributed by atoms with Crippen LogP contribution < -0.4 is 0 Å². The van der Waals surface area contributed by atoms with E-state index in [2.05, 4.69) is 4.74 Å². The van der Waals surface area contributed by atoms with Crippen molar-refractivity contribution in [2.75, 3.05) is 13.2 Å². The van der Waals surface area contributed by atoms with Gasteiger partial charge in [-0.3, -0.25) is 0 Å². The molecule has 0 saturated carbocycles. The third-order valence-corrected chi connectivity index (χ3v) is 2.21. The first-order chi connectivity index (χ1) is 7.61. The molecule has 0 unspecified atom stereocenters. The highest BCUT2D eigenvalue weighted by molar-refractivity contribution is 5.89. The van der Waals surface area contributed by atoms with Crippen LogP contribution in [0.15, 0.2) is 11.5 Å². The molecule has 6 nitrogen and oxygen atoms in total. The molecule has 0 fully saturated rings. The molecule has 0 aliphatic carbocycles. The van der Waals surface area contributed by atoms with Gasteiger partial charge in [-0.1, -0.05) is 13.3 Å². The SMILES string of the molecule is CCCCOC1=C(O)C(=O)O[C@@H]1[C@@H](O)CO. The van der Waals surface area contributed by atoms with Crippen LogP contribution in [0.2, 0.25) is 0 Å². The lowest BCUT2D eigenvalue weighted by molar-refractivity contribution is -0.148. The van der Waals surface area contributed by atoms with Crippen molar-refractivity contribution in [1.82, 2.24) is 0 Å². The number of unbranched alkanes of at least 4 members (excludes halogenated alkanes) is 1. The van der Waals surface area contributed by atoms with E-state index < -0.39 is 30.5 Å². The lowest BCUT2D eigenvalue weighted by Crippen LogP contribution is -2.32. The largest absolute Gasteiger partial charge is 0.499 e. The minimum atomic E-state index is -1.29. The van der Waals surface area contributed by atoms with Crippen LogP contribution in [-0.2, 0) is 14.3 Å². The Morgan fingerprint density at radius 1 is 1.56 bits per heavy atom. The van der Waals surface area contributed by atoms with E-state index in [4.69, 9.17) is 9.84 Å². The molecule has 1 heterocycles. The number of hydrogen-bond donors (Lipinski definition) is 3. The maximum Gasteiger partial charge on any atom is 0.378 e. The van der Waals surface area contributed by atoms with Crippen LogP contribution in [0.1, 0.15) is 19.8 Å². The van der Waals surface area contributed by atoms with Crippen molar-refractivity contribution in [3.63, 3.8) is 0 Å². The highest BCUT2D eigenvalue weighted by atomic mass is 16.6. The standard InChI is InChI=1S/C10H16O6/c1-2-3-4-15-9-7(13)10(14)16-8(9)6(12)5-11/h6,8,11-13H,2-5H2,1H3/t6-,8+/m0/s1. The number of hydrogen-bond acceptors (Lipinski definition) is 6. The fourth-order valence-corrected chi connectivity index (χ4v) is 1.29. The van der Waals surface area contributed by atoms with E-state index in [0.29, 0.717) is 6.61 Å². The van der Waals surface area contributed by atoms with Gasteiger partial charge in [-0.05, 0) is 6.42 Å². The average Bonchev–Trinajstić information content (AvgIpc) is 2.56. The molecular weight excluding hydrogens is 216 g/mol. The molecule has 0 radical (unpaired) electrons. The zero-order valence-electron chi connectivity index (χ0n) is 9.05. The molecule has 0 aromatic heterocycles. The van der Waals surface area contributed by atoms with E-state index in [1.165, 1.54) is 0 Å². The number of cyclic esters (lactones) is 1. The maximum atomic E-state index is 11.0. The van der Waals surface area contributed by atoms with Crippen LogP contribution >= 0.6 is 0 Å². The molecule has 2 atom stereocenters. The van der Waals surface area contributed by atoms with Gasteiger partial charge in [0.25, 0.3) is 0 Å². The van der Waals surface area contributed by atoms with E-state index in [9.17, 15) is 15.0 Å². The molecule has 0 aromatic rings. The van der Waals surface area contributed by atoms with Crippen molar-refractivity contribution >= 4 is 5.97 Å². The number of carbonyl (C=O) groups excluding carboxylic acids is 1. The first-order valence-corrected chi connectivity index (χ1v) is 5.17. The molecule has 0 spiro atoms. The van der Waals surface area contributed by atoms with Crippen LogP contribution in [0, 0.1) is 0 Å². The molecule has 3 N–H and O–H groups in total. The molecule has 6 heteroatoms. The van der Waals surface area contributed by atoms with Crippen LogP contribution in [0.4, 0.5) is 0 Å². The molecule has 0 amide bonds.